The van der Waals surface area contributed by atoms with E-state index in [1.807, 2.05) is 53.4 Å². The Morgan fingerprint density at radius 1 is 0.966 bits per heavy atom. The van der Waals surface area contributed by atoms with Crippen LogP contribution >= 0.6 is 0 Å². The molecule has 0 unspecified atom stereocenters. The first-order chi connectivity index (χ1) is 14.3. The molecule has 2 aromatic carbocycles. The van der Waals surface area contributed by atoms with Crippen molar-refractivity contribution in [2.75, 3.05) is 34.8 Å². The fraction of sp³-hybridized carbons (Fsp3) is 0.250. The van der Waals surface area contributed by atoms with Gasteiger partial charge in [-0.1, -0.05) is 36.4 Å². The Bertz CT molecular complexity index is 1020. The molecule has 0 saturated carbocycles. The van der Waals surface area contributed by atoms with Crippen LogP contribution in [0.4, 0.5) is 17.2 Å². The smallest absolute Gasteiger partial charge is 0.262 e. The lowest BCUT2D eigenvalue weighted by molar-refractivity contribution is 0.0989. The molecule has 29 heavy (non-hydrogen) atoms. The molecule has 1 aromatic heterocycles. The summed E-state index contributed by atoms with van der Waals surface area (Å²) in [5, 5.41) is 3.59. The molecule has 1 fully saturated rings. The van der Waals surface area contributed by atoms with E-state index in [9.17, 15) is 4.79 Å². The topological polar surface area (TPSA) is 48.5 Å². The number of benzene rings is 2. The van der Waals surface area contributed by atoms with Crippen LogP contribution in [0.1, 0.15) is 22.3 Å². The second kappa shape index (κ2) is 7.59. The van der Waals surface area contributed by atoms with Gasteiger partial charge in [0.2, 0.25) is 0 Å². The summed E-state index contributed by atoms with van der Waals surface area (Å²) < 4.78 is 0. The van der Waals surface area contributed by atoms with Crippen LogP contribution in [0.2, 0.25) is 0 Å². The van der Waals surface area contributed by atoms with Gasteiger partial charge in [-0.3, -0.25) is 4.79 Å². The van der Waals surface area contributed by atoms with Crippen LogP contribution < -0.4 is 15.1 Å². The van der Waals surface area contributed by atoms with E-state index in [1.54, 1.807) is 6.20 Å². The Morgan fingerprint density at radius 3 is 2.69 bits per heavy atom. The van der Waals surface area contributed by atoms with E-state index in [4.69, 9.17) is 0 Å². The van der Waals surface area contributed by atoms with E-state index in [0.717, 1.165) is 49.7 Å². The second-order valence-corrected chi connectivity index (χ2v) is 7.65. The molecule has 5 heteroatoms. The largest absolute Gasteiger partial charge is 0.380 e. The number of carbonyl (C=O) groups excluding carboxylic acids is 1. The van der Waals surface area contributed by atoms with Crippen LogP contribution in [0.5, 0.6) is 0 Å². The summed E-state index contributed by atoms with van der Waals surface area (Å²) in [5.41, 5.74) is 4.08. The summed E-state index contributed by atoms with van der Waals surface area (Å²) in [6, 6.07) is 22.5. The number of fused-ring (bicyclic) bond motifs is 1. The van der Waals surface area contributed by atoms with Crippen LogP contribution in [-0.2, 0) is 6.42 Å². The highest BCUT2D eigenvalue weighted by molar-refractivity contribution is 6.10. The van der Waals surface area contributed by atoms with Gasteiger partial charge in [-0.15, -0.1) is 0 Å². The molecule has 1 atom stereocenters. The van der Waals surface area contributed by atoms with Crippen molar-refractivity contribution < 1.29 is 4.79 Å². The minimum Gasteiger partial charge on any atom is -0.380 e. The van der Waals surface area contributed by atoms with Gasteiger partial charge in [-0.05, 0) is 48.7 Å². The predicted molar refractivity (Wildman–Crippen MR) is 117 cm³/mol. The molecule has 1 N–H and O–H groups in total. The predicted octanol–water partition coefficient (Wildman–Crippen LogP) is 3.98. The van der Waals surface area contributed by atoms with E-state index in [-0.39, 0.29) is 5.91 Å². The van der Waals surface area contributed by atoms with E-state index in [2.05, 4.69) is 33.4 Å². The van der Waals surface area contributed by atoms with Crippen molar-refractivity contribution in [3.63, 3.8) is 0 Å². The monoisotopic (exact) mass is 384 g/mol. The maximum absolute atomic E-state index is 13.4. The van der Waals surface area contributed by atoms with Gasteiger partial charge in [0.15, 0.2) is 0 Å². The summed E-state index contributed by atoms with van der Waals surface area (Å²) >= 11 is 0. The normalized spacial score (nSPS) is 18.0. The van der Waals surface area contributed by atoms with Crippen molar-refractivity contribution in [2.45, 2.75) is 18.9 Å². The molecule has 146 valence electrons. The van der Waals surface area contributed by atoms with Crippen molar-refractivity contribution in [2.24, 2.45) is 0 Å². The minimum absolute atomic E-state index is 0.0394. The summed E-state index contributed by atoms with van der Waals surface area (Å²) in [5.74, 6) is 0.830. The number of nitrogens with one attached hydrogen (secondary N) is 1. The van der Waals surface area contributed by atoms with Gasteiger partial charge in [0.25, 0.3) is 5.91 Å². The molecule has 5 rings (SSSR count). The third kappa shape index (κ3) is 3.44. The molecule has 3 heterocycles. The molecule has 5 nitrogen and oxygen atoms in total. The Balaban J connectivity index is 1.36. The van der Waals surface area contributed by atoms with Crippen molar-refractivity contribution in [3.05, 3.63) is 84.1 Å². The first-order valence-corrected chi connectivity index (χ1v) is 10.2. The number of aromatic nitrogens is 1. The quantitative estimate of drug-likeness (QED) is 0.739. The molecule has 0 radical (unpaired) electrons. The van der Waals surface area contributed by atoms with Gasteiger partial charge >= 0.3 is 0 Å². The fourth-order valence-corrected chi connectivity index (χ4v) is 4.35. The molecule has 1 amide bonds. The first kappa shape index (κ1) is 17.7. The molecule has 0 bridgehead atoms. The van der Waals surface area contributed by atoms with Gasteiger partial charge in [-0.2, -0.15) is 0 Å². The molecule has 1 saturated heterocycles. The number of hydrogen-bond acceptors (Lipinski definition) is 4. The number of anilines is 3. The summed E-state index contributed by atoms with van der Waals surface area (Å²) in [6.07, 6.45) is 3.71. The van der Waals surface area contributed by atoms with Crippen LogP contribution in [0, 0.1) is 0 Å². The maximum Gasteiger partial charge on any atom is 0.262 e. The number of hydrogen-bond donors (Lipinski definition) is 1. The highest BCUT2D eigenvalue weighted by Gasteiger charge is 2.31. The first-order valence-electron chi connectivity index (χ1n) is 10.2. The Hall–Kier alpha value is -3.34. The number of nitrogens with zero attached hydrogens (tertiary/aromatic N) is 3. The average Bonchev–Trinajstić information content (AvgIpc) is 3.41. The third-order valence-corrected chi connectivity index (χ3v) is 5.78. The zero-order valence-electron chi connectivity index (χ0n) is 16.3. The minimum atomic E-state index is 0.0394. The summed E-state index contributed by atoms with van der Waals surface area (Å²) in [7, 11) is 0. The van der Waals surface area contributed by atoms with Crippen molar-refractivity contribution in [3.8, 4) is 0 Å². The zero-order chi connectivity index (χ0) is 19.6. The third-order valence-electron chi connectivity index (χ3n) is 5.78. The lowest BCUT2D eigenvalue weighted by Gasteiger charge is -2.23. The highest BCUT2D eigenvalue weighted by Crippen LogP contribution is 2.31. The number of carbonyl (C=O) groups is 1. The number of rotatable bonds is 4. The van der Waals surface area contributed by atoms with Crippen molar-refractivity contribution >= 4 is 23.1 Å². The van der Waals surface area contributed by atoms with Crippen molar-refractivity contribution in [1.82, 2.24) is 4.98 Å². The zero-order valence-corrected chi connectivity index (χ0v) is 16.3. The van der Waals surface area contributed by atoms with Gasteiger partial charge in [0, 0.05) is 43.2 Å². The fourth-order valence-electron chi connectivity index (χ4n) is 4.35. The Morgan fingerprint density at radius 2 is 1.79 bits per heavy atom. The molecular weight excluding hydrogens is 360 g/mol. The SMILES string of the molecule is O=C(c1cccnc1N1CC[C@@H](Nc2ccccc2)C1)N1CCc2ccccc21. The molecular formula is C24H24N4O. The van der Waals surface area contributed by atoms with Crippen LogP contribution in [0.15, 0.2) is 72.9 Å². The van der Waals surface area contributed by atoms with Gasteiger partial charge in [0.1, 0.15) is 5.82 Å². The standard InChI is InChI=1S/C24H24N4O/c29-24(28-16-12-18-7-4-5-11-22(18)28)21-10-6-14-25-23(21)27-15-13-20(17-27)26-19-8-2-1-3-9-19/h1-11,14,20,26H,12-13,15-17H2/t20-/m1/s1. The molecule has 2 aliphatic heterocycles. The van der Waals surface area contributed by atoms with Crippen LogP contribution in [0.25, 0.3) is 0 Å². The molecule has 3 aromatic rings. The van der Waals surface area contributed by atoms with Gasteiger partial charge in [-0.25, -0.2) is 4.98 Å². The van der Waals surface area contributed by atoms with Crippen LogP contribution in [-0.4, -0.2) is 36.6 Å². The number of amides is 1. The van der Waals surface area contributed by atoms with E-state index in [0.29, 0.717) is 11.6 Å². The average molecular weight is 384 g/mol. The molecule has 0 spiro atoms. The molecule has 2 aliphatic rings. The number of pyridine rings is 1. The van der Waals surface area contributed by atoms with Gasteiger partial charge in [0.05, 0.1) is 5.56 Å². The number of para-hydroxylation sites is 2. The van der Waals surface area contributed by atoms with Gasteiger partial charge < -0.3 is 15.1 Å². The Labute approximate surface area is 171 Å². The highest BCUT2D eigenvalue weighted by atomic mass is 16.2. The Kier molecular flexibility index (Phi) is 4.64. The second-order valence-electron chi connectivity index (χ2n) is 7.65. The summed E-state index contributed by atoms with van der Waals surface area (Å²) in [6.45, 7) is 2.45. The van der Waals surface area contributed by atoms with Crippen LogP contribution in [0.3, 0.4) is 0 Å². The molecule has 0 aliphatic carbocycles. The van der Waals surface area contributed by atoms with E-state index in [1.165, 1.54) is 5.56 Å². The van der Waals surface area contributed by atoms with E-state index < -0.39 is 0 Å². The maximum atomic E-state index is 13.4. The lowest BCUT2D eigenvalue weighted by Crippen LogP contribution is -2.32. The lowest BCUT2D eigenvalue weighted by atomic mass is 10.1. The van der Waals surface area contributed by atoms with Crippen molar-refractivity contribution in [1.29, 1.82) is 0 Å². The summed E-state index contributed by atoms with van der Waals surface area (Å²) in [4.78, 5) is 22.1. The van der Waals surface area contributed by atoms with E-state index >= 15 is 0 Å².